The molecule has 0 saturated heterocycles. The van der Waals surface area contributed by atoms with Gasteiger partial charge < -0.3 is 16.4 Å². The molecule has 0 radical (unpaired) electrons. The maximum absolute atomic E-state index is 10.8. The normalized spacial score (nSPS) is 10.8. The fourth-order valence-electron chi connectivity index (χ4n) is 1.65. The van der Waals surface area contributed by atoms with Crippen LogP contribution in [0.2, 0.25) is 0 Å². The maximum Gasteiger partial charge on any atom is 0.233 e. The average molecular weight is 243 g/mol. The number of nitrogens with two attached hydrogens (primary N) is 1. The first-order valence-corrected chi connectivity index (χ1v) is 6.87. The Hall–Kier alpha value is -0.610. The summed E-state index contributed by atoms with van der Waals surface area (Å²) in [6, 6.07) is 0.598. The molecule has 0 spiro atoms. The van der Waals surface area contributed by atoms with E-state index in [0.717, 1.165) is 19.5 Å². The third kappa shape index (κ3) is 13.3. The van der Waals surface area contributed by atoms with Gasteiger partial charge in [0.1, 0.15) is 0 Å². The van der Waals surface area contributed by atoms with Crippen LogP contribution in [0.25, 0.3) is 0 Å². The van der Waals surface area contributed by atoms with Gasteiger partial charge in [-0.05, 0) is 19.4 Å². The number of hydrogen-bond acceptors (Lipinski definition) is 3. The summed E-state index contributed by atoms with van der Waals surface area (Å²) < 4.78 is 0. The van der Waals surface area contributed by atoms with E-state index in [9.17, 15) is 4.79 Å². The Bertz CT molecular complexity index is 184. The zero-order chi connectivity index (χ0) is 12.9. The van der Waals surface area contributed by atoms with E-state index in [-0.39, 0.29) is 12.5 Å². The minimum atomic E-state index is -0.0511. The van der Waals surface area contributed by atoms with Gasteiger partial charge in [0, 0.05) is 12.6 Å². The van der Waals surface area contributed by atoms with Crippen LogP contribution < -0.4 is 16.4 Å². The number of hydrogen-bond donors (Lipinski definition) is 3. The van der Waals surface area contributed by atoms with Gasteiger partial charge in [-0.25, -0.2) is 0 Å². The first kappa shape index (κ1) is 16.4. The number of nitrogens with one attached hydrogen (secondary N) is 2. The van der Waals surface area contributed by atoms with Gasteiger partial charge in [-0.1, -0.05) is 39.5 Å². The lowest BCUT2D eigenvalue weighted by molar-refractivity contribution is -0.119. The highest BCUT2D eigenvalue weighted by molar-refractivity contribution is 5.77. The van der Waals surface area contributed by atoms with Gasteiger partial charge in [0.25, 0.3) is 0 Å². The number of carbonyl (C=O) groups excluding carboxylic acids is 1. The van der Waals surface area contributed by atoms with Crippen LogP contribution in [0.15, 0.2) is 0 Å². The van der Waals surface area contributed by atoms with Crippen LogP contribution in [0, 0.1) is 0 Å². The quantitative estimate of drug-likeness (QED) is 0.481. The van der Waals surface area contributed by atoms with Crippen LogP contribution in [-0.4, -0.2) is 31.6 Å². The molecule has 1 amide bonds. The number of unbranched alkanes of at least 4 members (excludes halogenated alkanes) is 5. The molecule has 0 unspecified atom stereocenters. The van der Waals surface area contributed by atoms with Crippen LogP contribution >= 0.6 is 0 Å². The standard InChI is InChI=1S/C13H29N3O/c1-12(2)15-9-7-5-3-4-6-8-10-16-13(17)11-14/h12,15H,3-11,14H2,1-2H3,(H,16,17). The average Bonchev–Trinajstić information content (AvgIpc) is 2.30. The van der Waals surface area contributed by atoms with Crippen LogP contribution in [-0.2, 0) is 4.79 Å². The van der Waals surface area contributed by atoms with Crippen molar-refractivity contribution in [2.45, 2.75) is 58.4 Å². The molecule has 0 aromatic heterocycles. The summed E-state index contributed by atoms with van der Waals surface area (Å²) in [5.74, 6) is -0.0511. The number of carbonyl (C=O) groups is 1. The Morgan fingerprint density at radius 2 is 1.53 bits per heavy atom. The third-order valence-corrected chi connectivity index (χ3v) is 2.66. The zero-order valence-corrected chi connectivity index (χ0v) is 11.4. The van der Waals surface area contributed by atoms with E-state index >= 15 is 0 Å². The summed E-state index contributed by atoms with van der Waals surface area (Å²) in [5.41, 5.74) is 5.18. The minimum absolute atomic E-state index is 0.0511. The van der Waals surface area contributed by atoms with E-state index < -0.39 is 0 Å². The van der Waals surface area contributed by atoms with Gasteiger partial charge >= 0.3 is 0 Å². The van der Waals surface area contributed by atoms with Gasteiger partial charge in [0.15, 0.2) is 0 Å². The fraction of sp³-hybridized carbons (Fsp3) is 0.923. The summed E-state index contributed by atoms with van der Waals surface area (Å²) in [4.78, 5) is 10.8. The van der Waals surface area contributed by atoms with Crippen molar-refractivity contribution in [3.05, 3.63) is 0 Å². The van der Waals surface area contributed by atoms with Gasteiger partial charge in [0.2, 0.25) is 5.91 Å². The topological polar surface area (TPSA) is 67.1 Å². The minimum Gasteiger partial charge on any atom is -0.355 e. The lowest BCUT2D eigenvalue weighted by atomic mass is 10.1. The van der Waals surface area contributed by atoms with Crippen LogP contribution in [0.5, 0.6) is 0 Å². The first-order valence-electron chi connectivity index (χ1n) is 6.87. The third-order valence-electron chi connectivity index (χ3n) is 2.66. The monoisotopic (exact) mass is 243 g/mol. The Labute approximate surface area is 106 Å². The lowest BCUT2D eigenvalue weighted by Crippen LogP contribution is -2.30. The number of rotatable bonds is 11. The molecule has 0 aliphatic heterocycles. The van der Waals surface area contributed by atoms with Crippen molar-refractivity contribution in [3.8, 4) is 0 Å². The van der Waals surface area contributed by atoms with Crippen molar-refractivity contribution in [1.82, 2.24) is 10.6 Å². The lowest BCUT2D eigenvalue weighted by Gasteiger charge is -2.07. The predicted molar refractivity (Wildman–Crippen MR) is 72.9 cm³/mol. The summed E-state index contributed by atoms with van der Waals surface area (Å²) >= 11 is 0. The molecule has 102 valence electrons. The molecule has 0 atom stereocenters. The highest BCUT2D eigenvalue weighted by Crippen LogP contribution is 2.04. The molecule has 0 bridgehead atoms. The smallest absolute Gasteiger partial charge is 0.233 e. The van der Waals surface area contributed by atoms with Crippen LogP contribution in [0.1, 0.15) is 52.4 Å². The molecule has 0 rings (SSSR count). The Morgan fingerprint density at radius 1 is 1.00 bits per heavy atom. The van der Waals surface area contributed by atoms with E-state index in [0.29, 0.717) is 6.04 Å². The fourth-order valence-corrected chi connectivity index (χ4v) is 1.65. The van der Waals surface area contributed by atoms with Crippen LogP contribution in [0.3, 0.4) is 0 Å². The molecule has 0 fully saturated rings. The molecule has 4 N–H and O–H groups in total. The number of amides is 1. The highest BCUT2D eigenvalue weighted by Gasteiger charge is 1.96. The van der Waals surface area contributed by atoms with Crippen molar-refractivity contribution in [2.75, 3.05) is 19.6 Å². The molecular formula is C13H29N3O. The molecule has 0 saturated carbocycles. The van der Waals surface area contributed by atoms with E-state index in [1.54, 1.807) is 0 Å². The Morgan fingerprint density at radius 3 is 2.06 bits per heavy atom. The molecule has 4 nitrogen and oxygen atoms in total. The second-order valence-electron chi connectivity index (χ2n) is 4.78. The SMILES string of the molecule is CC(C)NCCCCCCCCNC(=O)CN. The van der Waals surface area contributed by atoms with E-state index in [4.69, 9.17) is 5.73 Å². The van der Waals surface area contributed by atoms with E-state index in [1.165, 1.54) is 32.1 Å². The molecule has 0 aliphatic carbocycles. The van der Waals surface area contributed by atoms with Gasteiger partial charge in [0.05, 0.1) is 6.54 Å². The molecule has 0 aliphatic rings. The molecule has 0 heterocycles. The molecule has 0 aromatic carbocycles. The zero-order valence-electron chi connectivity index (χ0n) is 11.4. The maximum atomic E-state index is 10.8. The Balaban J connectivity index is 3.01. The van der Waals surface area contributed by atoms with E-state index in [2.05, 4.69) is 24.5 Å². The van der Waals surface area contributed by atoms with Gasteiger partial charge in [-0.3, -0.25) is 4.79 Å². The molecule has 0 aromatic rings. The van der Waals surface area contributed by atoms with E-state index in [1.807, 2.05) is 0 Å². The summed E-state index contributed by atoms with van der Waals surface area (Å²) in [6.07, 6.45) is 7.39. The second kappa shape index (κ2) is 11.9. The van der Waals surface area contributed by atoms with Crippen LogP contribution in [0.4, 0.5) is 0 Å². The molecule has 17 heavy (non-hydrogen) atoms. The van der Waals surface area contributed by atoms with Crippen molar-refractivity contribution in [3.63, 3.8) is 0 Å². The molecular weight excluding hydrogens is 214 g/mol. The highest BCUT2D eigenvalue weighted by atomic mass is 16.1. The summed E-state index contributed by atoms with van der Waals surface area (Å²) in [6.45, 7) is 6.35. The summed E-state index contributed by atoms with van der Waals surface area (Å²) in [5, 5.41) is 6.20. The van der Waals surface area contributed by atoms with Crippen molar-refractivity contribution < 1.29 is 4.79 Å². The molecule has 4 heteroatoms. The van der Waals surface area contributed by atoms with Crippen molar-refractivity contribution in [1.29, 1.82) is 0 Å². The predicted octanol–water partition coefficient (Wildman–Crippen LogP) is 1.40. The Kier molecular flexibility index (Phi) is 11.4. The largest absolute Gasteiger partial charge is 0.355 e. The van der Waals surface area contributed by atoms with Crippen molar-refractivity contribution in [2.24, 2.45) is 5.73 Å². The van der Waals surface area contributed by atoms with Crippen molar-refractivity contribution >= 4 is 5.91 Å². The second-order valence-corrected chi connectivity index (χ2v) is 4.78. The van der Waals surface area contributed by atoms with Gasteiger partial charge in [-0.2, -0.15) is 0 Å². The van der Waals surface area contributed by atoms with Gasteiger partial charge in [-0.15, -0.1) is 0 Å². The summed E-state index contributed by atoms with van der Waals surface area (Å²) in [7, 11) is 0. The first-order chi connectivity index (χ1) is 8.16.